The van der Waals surface area contributed by atoms with E-state index in [1.165, 1.54) is 24.3 Å². The molecular weight excluding hydrogens is 533 g/mol. The Morgan fingerprint density at radius 3 is 2.05 bits per heavy atom. The van der Waals surface area contributed by atoms with Crippen LogP contribution in [0.2, 0.25) is 0 Å². The van der Waals surface area contributed by atoms with Gasteiger partial charge in [-0.2, -0.15) is 26.3 Å². The highest BCUT2D eigenvalue weighted by atomic mass is 19.4. The predicted octanol–water partition coefficient (Wildman–Crippen LogP) is 6.72. The Morgan fingerprint density at radius 2 is 1.45 bits per heavy atom. The molecule has 2 N–H and O–H groups in total. The molecule has 13 heteroatoms. The van der Waals surface area contributed by atoms with Crippen LogP contribution in [0.1, 0.15) is 42.4 Å². The SMILES string of the molecule is OC(CNCC1CCC(OC(F)(F)F)CC1)(c1cccc(OCc2cccc(C(F)(F)F)c2)c1)C(F)(F)F. The van der Waals surface area contributed by atoms with Crippen molar-refractivity contribution in [3.05, 3.63) is 65.2 Å². The number of halogens is 9. The van der Waals surface area contributed by atoms with Crippen molar-refractivity contribution in [1.82, 2.24) is 5.32 Å². The molecule has 2 aromatic rings. The Kier molecular flexibility index (Phi) is 9.25. The van der Waals surface area contributed by atoms with Crippen molar-refractivity contribution in [1.29, 1.82) is 0 Å². The van der Waals surface area contributed by atoms with Gasteiger partial charge in [-0.1, -0.05) is 24.3 Å². The van der Waals surface area contributed by atoms with Crippen LogP contribution >= 0.6 is 0 Å². The zero-order chi connectivity index (χ0) is 28.2. The molecule has 1 atom stereocenters. The lowest BCUT2D eigenvalue weighted by atomic mass is 9.87. The van der Waals surface area contributed by atoms with Crippen molar-refractivity contribution in [2.45, 2.75) is 62.7 Å². The van der Waals surface area contributed by atoms with Crippen molar-refractivity contribution in [2.75, 3.05) is 13.1 Å². The summed E-state index contributed by atoms with van der Waals surface area (Å²) in [6, 6.07) is 8.83. The van der Waals surface area contributed by atoms with Gasteiger partial charge in [0.2, 0.25) is 0 Å². The van der Waals surface area contributed by atoms with E-state index in [1.54, 1.807) is 0 Å². The molecule has 0 spiro atoms. The molecule has 1 aliphatic carbocycles. The average molecular weight is 559 g/mol. The zero-order valence-electron chi connectivity index (χ0n) is 19.9. The molecule has 0 bridgehead atoms. The van der Waals surface area contributed by atoms with Gasteiger partial charge in [-0.3, -0.25) is 4.74 Å². The highest BCUT2D eigenvalue weighted by molar-refractivity contribution is 5.34. The molecule has 1 fully saturated rings. The summed E-state index contributed by atoms with van der Waals surface area (Å²) < 4.78 is 127. The van der Waals surface area contributed by atoms with E-state index in [0.717, 1.165) is 24.3 Å². The normalized spacial score (nSPS) is 20.7. The summed E-state index contributed by atoms with van der Waals surface area (Å²) in [6.07, 6.45) is -14.5. The molecule has 4 nitrogen and oxygen atoms in total. The van der Waals surface area contributed by atoms with Gasteiger partial charge in [-0.15, -0.1) is 13.2 Å². The van der Waals surface area contributed by atoms with Gasteiger partial charge in [0.05, 0.1) is 11.7 Å². The zero-order valence-corrected chi connectivity index (χ0v) is 19.9. The number of nitrogens with one attached hydrogen (secondary N) is 1. The minimum Gasteiger partial charge on any atom is -0.489 e. The summed E-state index contributed by atoms with van der Waals surface area (Å²) in [5.74, 6) is -0.284. The third kappa shape index (κ3) is 8.24. The van der Waals surface area contributed by atoms with Crippen molar-refractivity contribution < 1.29 is 54.1 Å². The van der Waals surface area contributed by atoms with Crippen LogP contribution in [0.3, 0.4) is 0 Å². The number of alkyl halides is 9. The topological polar surface area (TPSA) is 50.7 Å². The number of benzene rings is 2. The fraction of sp³-hybridized carbons (Fsp3) is 0.520. The summed E-state index contributed by atoms with van der Waals surface area (Å²) in [6.45, 7) is -1.23. The maximum Gasteiger partial charge on any atom is 0.522 e. The van der Waals surface area contributed by atoms with E-state index in [9.17, 15) is 44.6 Å². The Labute approximate surface area is 212 Å². The largest absolute Gasteiger partial charge is 0.522 e. The Balaban J connectivity index is 1.62. The quantitative estimate of drug-likeness (QED) is 0.335. The van der Waals surface area contributed by atoms with E-state index in [4.69, 9.17) is 4.74 Å². The standard InChI is InChI=1S/C25H26F9NO3/c26-23(27,28)19-5-1-3-17(11-19)14-37-21-6-2-4-18(12-21)22(36,24(29,30)31)15-35-13-16-7-9-20(10-8-16)38-25(32,33)34/h1-6,11-12,16,20,35-36H,7-10,13-15H2. The predicted molar refractivity (Wildman–Crippen MR) is 118 cm³/mol. The van der Waals surface area contributed by atoms with E-state index in [0.29, 0.717) is 12.8 Å². The number of aliphatic hydroxyl groups is 1. The van der Waals surface area contributed by atoms with Gasteiger partial charge in [0, 0.05) is 6.54 Å². The second-order valence-corrected chi connectivity index (χ2v) is 9.21. The van der Waals surface area contributed by atoms with Gasteiger partial charge < -0.3 is 15.2 Å². The fourth-order valence-electron chi connectivity index (χ4n) is 4.31. The molecule has 0 radical (unpaired) electrons. The lowest BCUT2D eigenvalue weighted by Gasteiger charge is -2.33. The van der Waals surface area contributed by atoms with Gasteiger partial charge in [0.15, 0.2) is 5.60 Å². The molecule has 38 heavy (non-hydrogen) atoms. The van der Waals surface area contributed by atoms with Crippen LogP contribution in [0.25, 0.3) is 0 Å². The third-order valence-corrected chi connectivity index (χ3v) is 6.35. The van der Waals surface area contributed by atoms with Crippen LogP contribution in [-0.4, -0.2) is 36.8 Å². The molecule has 1 unspecified atom stereocenters. The van der Waals surface area contributed by atoms with Crippen molar-refractivity contribution in [2.24, 2.45) is 5.92 Å². The summed E-state index contributed by atoms with van der Waals surface area (Å²) in [5, 5.41) is 13.2. The van der Waals surface area contributed by atoms with Gasteiger partial charge >= 0.3 is 18.7 Å². The number of hydrogen-bond donors (Lipinski definition) is 2. The van der Waals surface area contributed by atoms with E-state index in [-0.39, 0.29) is 43.2 Å². The maximum absolute atomic E-state index is 13.9. The molecule has 0 saturated heterocycles. The number of ether oxygens (including phenoxy) is 2. The molecule has 3 rings (SSSR count). The van der Waals surface area contributed by atoms with Crippen LogP contribution < -0.4 is 10.1 Å². The molecule has 0 heterocycles. The van der Waals surface area contributed by atoms with Crippen molar-refractivity contribution >= 4 is 0 Å². The van der Waals surface area contributed by atoms with E-state index < -0.39 is 48.1 Å². The fourth-order valence-corrected chi connectivity index (χ4v) is 4.31. The van der Waals surface area contributed by atoms with Gasteiger partial charge in [-0.25, -0.2) is 0 Å². The van der Waals surface area contributed by atoms with Crippen LogP contribution in [0.5, 0.6) is 5.75 Å². The molecule has 0 amide bonds. The van der Waals surface area contributed by atoms with Gasteiger partial charge in [0.1, 0.15) is 12.4 Å². The number of hydrogen-bond acceptors (Lipinski definition) is 4. The van der Waals surface area contributed by atoms with Crippen molar-refractivity contribution in [3.63, 3.8) is 0 Å². The minimum absolute atomic E-state index is 0.0445. The first-order chi connectivity index (χ1) is 17.6. The van der Waals surface area contributed by atoms with E-state index >= 15 is 0 Å². The first kappa shape index (κ1) is 30.0. The van der Waals surface area contributed by atoms with Gasteiger partial charge in [0.25, 0.3) is 0 Å². The second-order valence-electron chi connectivity index (χ2n) is 9.21. The third-order valence-electron chi connectivity index (χ3n) is 6.35. The van der Waals surface area contributed by atoms with E-state index in [1.807, 2.05) is 0 Å². The monoisotopic (exact) mass is 559 g/mol. The minimum atomic E-state index is -5.10. The van der Waals surface area contributed by atoms with Crippen LogP contribution in [-0.2, 0) is 23.1 Å². The van der Waals surface area contributed by atoms with Crippen LogP contribution in [0.4, 0.5) is 39.5 Å². The highest BCUT2D eigenvalue weighted by Gasteiger charge is 2.55. The molecule has 212 valence electrons. The smallest absolute Gasteiger partial charge is 0.489 e. The molecule has 1 saturated carbocycles. The molecule has 0 aliphatic heterocycles. The lowest BCUT2D eigenvalue weighted by molar-refractivity contribution is -0.345. The lowest BCUT2D eigenvalue weighted by Crippen LogP contribution is -2.50. The molecule has 1 aliphatic rings. The molecular formula is C25H26F9NO3. The Morgan fingerprint density at radius 1 is 0.816 bits per heavy atom. The maximum atomic E-state index is 13.9. The summed E-state index contributed by atoms with van der Waals surface area (Å²) in [7, 11) is 0. The molecule has 0 aromatic heterocycles. The summed E-state index contributed by atoms with van der Waals surface area (Å²) >= 11 is 0. The summed E-state index contributed by atoms with van der Waals surface area (Å²) in [4.78, 5) is 0. The average Bonchev–Trinajstić information content (AvgIpc) is 2.82. The van der Waals surface area contributed by atoms with Crippen molar-refractivity contribution in [3.8, 4) is 5.75 Å². The van der Waals surface area contributed by atoms with E-state index in [2.05, 4.69) is 10.1 Å². The Bertz CT molecular complexity index is 1050. The highest BCUT2D eigenvalue weighted by Crippen LogP contribution is 2.40. The van der Waals surface area contributed by atoms with Crippen LogP contribution in [0, 0.1) is 5.92 Å². The second kappa shape index (κ2) is 11.7. The number of rotatable bonds is 9. The first-order valence-electron chi connectivity index (χ1n) is 11.7. The molecule has 2 aromatic carbocycles. The van der Waals surface area contributed by atoms with Gasteiger partial charge in [-0.05, 0) is 73.5 Å². The van der Waals surface area contributed by atoms with Crippen LogP contribution in [0.15, 0.2) is 48.5 Å². The Hall–Kier alpha value is -2.51. The summed E-state index contributed by atoms with van der Waals surface area (Å²) in [5.41, 5.74) is -4.61. The first-order valence-corrected chi connectivity index (χ1v) is 11.7.